The van der Waals surface area contributed by atoms with Gasteiger partial charge < -0.3 is 10.2 Å². The normalized spacial score (nSPS) is 10.9. The Kier molecular flexibility index (Phi) is 6.51. The van der Waals surface area contributed by atoms with Crippen LogP contribution in [0.2, 0.25) is 0 Å². The molecule has 0 fully saturated rings. The highest BCUT2D eigenvalue weighted by atomic mass is 32.1. The largest absolute Gasteiger partial charge is 0.326 e. The Morgan fingerprint density at radius 1 is 1.10 bits per heavy atom. The van der Waals surface area contributed by atoms with Crippen LogP contribution in [0.1, 0.15) is 17.4 Å². The predicted octanol–water partition coefficient (Wildman–Crippen LogP) is 5.23. The molecule has 0 radical (unpaired) electrons. The molecule has 3 aromatic rings. The van der Waals surface area contributed by atoms with E-state index >= 15 is 0 Å². The molecule has 4 nitrogen and oxygen atoms in total. The number of nitrogens with zero attached hydrogens (tertiary/aromatic N) is 1. The molecule has 0 aliphatic rings. The second kappa shape index (κ2) is 9.25. The fraction of sp³-hybridized carbons (Fsp3) is 0.0909. The second-order valence-corrected chi connectivity index (χ2v) is 7.27. The Hall–Kier alpha value is -3.32. The molecule has 0 saturated heterocycles. The quantitative estimate of drug-likeness (QED) is 0.564. The van der Waals surface area contributed by atoms with Crippen LogP contribution in [0.25, 0.3) is 6.08 Å². The standard InChI is InChI=1S/C22H18F2N2O2S/c1-15(27)25-18-8-4-16(5-9-18)6-11-22(28)26(14-19-3-2-12-29-19)21-10-7-17(23)13-20(21)24/h2-13H,14H2,1H3,(H,25,27)/b11-6+. The van der Waals surface area contributed by atoms with Gasteiger partial charge in [0, 0.05) is 29.6 Å². The van der Waals surface area contributed by atoms with Gasteiger partial charge in [0.05, 0.1) is 12.2 Å². The molecule has 0 saturated carbocycles. The van der Waals surface area contributed by atoms with E-state index in [4.69, 9.17) is 0 Å². The summed E-state index contributed by atoms with van der Waals surface area (Å²) < 4.78 is 27.6. The van der Waals surface area contributed by atoms with E-state index in [0.717, 1.165) is 22.6 Å². The Morgan fingerprint density at radius 2 is 1.86 bits per heavy atom. The Bertz CT molecular complexity index is 1030. The topological polar surface area (TPSA) is 49.4 Å². The minimum atomic E-state index is -0.803. The van der Waals surface area contributed by atoms with Crippen LogP contribution in [0.5, 0.6) is 0 Å². The summed E-state index contributed by atoms with van der Waals surface area (Å²) in [6, 6.07) is 13.8. The van der Waals surface area contributed by atoms with Crippen LogP contribution in [0.4, 0.5) is 20.2 Å². The number of nitrogens with one attached hydrogen (secondary N) is 1. The van der Waals surface area contributed by atoms with Crippen molar-refractivity contribution in [2.45, 2.75) is 13.5 Å². The zero-order valence-electron chi connectivity index (χ0n) is 15.6. The first kappa shape index (κ1) is 20.4. The molecule has 1 N–H and O–H groups in total. The summed E-state index contributed by atoms with van der Waals surface area (Å²) in [4.78, 5) is 26.0. The number of benzene rings is 2. The summed E-state index contributed by atoms with van der Waals surface area (Å²) in [5.74, 6) is -2.11. The van der Waals surface area contributed by atoms with Gasteiger partial charge in [-0.2, -0.15) is 0 Å². The molecule has 3 rings (SSSR count). The molecule has 7 heteroatoms. The highest BCUT2D eigenvalue weighted by molar-refractivity contribution is 7.09. The molecule has 2 amide bonds. The van der Waals surface area contributed by atoms with Crippen LogP contribution in [0, 0.1) is 11.6 Å². The molecule has 1 aromatic heterocycles. The molecule has 0 spiro atoms. The lowest BCUT2D eigenvalue weighted by Crippen LogP contribution is -2.29. The van der Waals surface area contributed by atoms with Crippen molar-refractivity contribution in [3.63, 3.8) is 0 Å². The smallest absolute Gasteiger partial charge is 0.251 e. The van der Waals surface area contributed by atoms with E-state index in [1.54, 1.807) is 30.3 Å². The lowest BCUT2D eigenvalue weighted by Gasteiger charge is -2.21. The third kappa shape index (κ3) is 5.58. The predicted molar refractivity (Wildman–Crippen MR) is 112 cm³/mol. The van der Waals surface area contributed by atoms with Crippen LogP contribution < -0.4 is 10.2 Å². The van der Waals surface area contributed by atoms with Gasteiger partial charge in [0.15, 0.2) is 0 Å². The molecule has 0 unspecified atom stereocenters. The Balaban J connectivity index is 1.82. The Morgan fingerprint density at radius 3 is 2.48 bits per heavy atom. The van der Waals surface area contributed by atoms with Crippen LogP contribution in [-0.4, -0.2) is 11.8 Å². The van der Waals surface area contributed by atoms with E-state index in [1.807, 2.05) is 17.5 Å². The molecular weight excluding hydrogens is 394 g/mol. The Labute approximate surface area is 171 Å². The lowest BCUT2D eigenvalue weighted by atomic mass is 10.2. The van der Waals surface area contributed by atoms with Gasteiger partial charge in [-0.1, -0.05) is 18.2 Å². The van der Waals surface area contributed by atoms with Crippen LogP contribution in [0.3, 0.4) is 0 Å². The van der Waals surface area contributed by atoms with Gasteiger partial charge in [0.1, 0.15) is 11.6 Å². The highest BCUT2D eigenvalue weighted by Gasteiger charge is 2.18. The number of carbonyl (C=O) groups is 2. The van der Waals surface area contributed by atoms with Gasteiger partial charge in [0.25, 0.3) is 5.91 Å². The van der Waals surface area contributed by atoms with E-state index in [9.17, 15) is 18.4 Å². The summed E-state index contributed by atoms with van der Waals surface area (Å²) in [5, 5.41) is 4.53. The van der Waals surface area contributed by atoms with Crippen molar-refractivity contribution in [3.8, 4) is 0 Å². The van der Waals surface area contributed by atoms with Crippen molar-refractivity contribution in [1.29, 1.82) is 0 Å². The second-order valence-electron chi connectivity index (χ2n) is 6.24. The van der Waals surface area contributed by atoms with Gasteiger partial charge in [-0.05, 0) is 47.4 Å². The average Bonchev–Trinajstić information content (AvgIpc) is 3.19. The van der Waals surface area contributed by atoms with Gasteiger partial charge >= 0.3 is 0 Å². The van der Waals surface area contributed by atoms with E-state index in [2.05, 4.69) is 5.32 Å². The molecule has 2 aromatic carbocycles. The van der Waals surface area contributed by atoms with E-state index in [-0.39, 0.29) is 18.1 Å². The minimum Gasteiger partial charge on any atom is -0.326 e. The fourth-order valence-electron chi connectivity index (χ4n) is 2.68. The number of anilines is 2. The number of hydrogen-bond acceptors (Lipinski definition) is 3. The molecule has 29 heavy (non-hydrogen) atoms. The fourth-order valence-corrected chi connectivity index (χ4v) is 3.37. The molecular formula is C22H18F2N2O2S. The number of thiophene rings is 1. The van der Waals surface area contributed by atoms with Crippen molar-refractivity contribution in [2.75, 3.05) is 10.2 Å². The maximum atomic E-state index is 14.3. The van der Waals surface area contributed by atoms with Crippen LogP contribution >= 0.6 is 11.3 Å². The van der Waals surface area contributed by atoms with Gasteiger partial charge in [-0.3, -0.25) is 9.59 Å². The zero-order valence-corrected chi connectivity index (χ0v) is 16.4. The maximum Gasteiger partial charge on any atom is 0.251 e. The first-order chi connectivity index (χ1) is 13.9. The average molecular weight is 412 g/mol. The molecule has 1 heterocycles. The summed E-state index contributed by atoms with van der Waals surface area (Å²) in [5.41, 5.74) is 1.40. The summed E-state index contributed by atoms with van der Waals surface area (Å²) >= 11 is 1.44. The molecule has 0 bridgehead atoms. The maximum absolute atomic E-state index is 14.3. The van der Waals surface area contributed by atoms with Crippen molar-refractivity contribution in [2.24, 2.45) is 0 Å². The van der Waals surface area contributed by atoms with Crippen LogP contribution in [0.15, 0.2) is 66.1 Å². The number of amides is 2. The van der Waals surface area contributed by atoms with Crippen molar-refractivity contribution < 1.29 is 18.4 Å². The number of hydrogen-bond donors (Lipinski definition) is 1. The molecule has 0 aliphatic heterocycles. The molecule has 148 valence electrons. The van der Waals surface area contributed by atoms with Crippen molar-refractivity contribution >= 4 is 40.6 Å². The summed E-state index contributed by atoms with van der Waals surface area (Å²) in [7, 11) is 0. The third-order valence-electron chi connectivity index (χ3n) is 4.01. The molecule has 0 atom stereocenters. The number of rotatable bonds is 6. The summed E-state index contributed by atoms with van der Waals surface area (Å²) in [6.07, 6.45) is 2.94. The monoisotopic (exact) mass is 412 g/mol. The van der Waals surface area contributed by atoms with Crippen LogP contribution in [-0.2, 0) is 16.1 Å². The van der Waals surface area contributed by atoms with Gasteiger partial charge in [-0.25, -0.2) is 8.78 Å². The van der Waals surface area contributed by atoms with Gasteiger partial charge in [0.2, 0.25) is 5.91 Å². The lowest BCUT2D eigenvalue weighted by molar-refractivity contribution is -0.115. The number of halogens is 2. The molecule has 0 aliphatic carbocycles. The third-order valence-corrected chi connectivity index (χ3v) is 4.87. The van der Waals surface area contributed by atoms with Gasteiger partial charge in [-0.15, -0.1) is 11.3 Å². The zero-order chi connectivity index (χ0) is 20.8. The number of carbonyl (C=O) groups excluding carboxylic acids is 2. The van der Waals surface area contributed by atoms with Crippen molar-refractivity contribution in [3.05, 3.63) is 88.1 Å². The first-order valence-electron chi connectivity index (χ1n) is 8.77. The SMILES string of the molecule is CC(=O)Nc1ccc(/C=C/C(=O)N(Cc2cccs2)c2ccc(F)cc2F)cc1. The first-order valence-corrected chi connectivity index (χ1v) is 9.65. The highest BCUT2D eigenvalue weighted by Crippen LogP contribution is 2.24. The van der Waals surface area contributed by atoms with Crippen molar-refractivity contribution in [1.82, 2.24) is 0 Å². The van der Waals surface area contributed by atoms with E-state index < -0.39 is 17.5 Å². The summed E-state index contributed by atoms with van der Waals surface area (Å²) in [6.45, 7) is 1.59. The van der Waals surface area contributed by atoms with E-state index in [0.29, 0.717) is 5.69 Å². The minimum absolute atomic E-state index is 0.00968. The van der Waals surface area contributed by atoms with E-state index in [1.165, 1.54) is 35.3 Å².